The summed E-state index contributed by atoms with van der Waals surface area (Å²) in [7, 11) is -3.77. The Labute approximate surface area is 193 Å². The lowest BCUT2D eigenvalue weighted by molar-refractivity contribution is 0.0955. The third-order valence-electron chi connectivity index (χ3n) is 4.41. The molecular weight excluding hydrogens is 500 g/mol. The zero-order valence-corrected chi connectivity index (χ0v) is 19.2. The Bertz CT molecular complexity index is 1260. The van der Waals surface area contributed by atoms with Crippen molar-refractivity contribution in [2.24, 2.45) is 5.10 Å². The number of rotatable bonds is 7. The molecule has 0 aliphatic carbocycles. The summed E-state index contributed by atoms with van der Waals surface area (Å²) >= 11 is 3.26. The number of amides is 1. The maximum atomic E-state index is 12.4. The van der Waals surface area contributed by atoms with Crippen molar-refractivity contribution in [2.45, 2.75) is 18.4 Å². The van der Waals surface area contributed by atoms with E-state index in [4.69, 9.17) is 0 Å². The molecule has 0 spiro atoms. The highest BCUT2D eigenvalue weighted by Gasteiger charge is 2.14. The minimum atomic E-state index is -3.77. The normalized spacial score (nSPS) is 11.5. The lowest BCUT2D eigenvalue weighted by atomic mass is 10.1. The molecule has 166 valence electrons. The lowest BCUT2D eigenvalue weighted by Crippen LogP contribution is -2.18. The maximum absolute atomic E-state index is 12.4. The van der Waals surface area contributed by atoms with E-state index in [1.807, 2.05) is 0 Å². The second-order valence-electron chi connectivity index (χ2n) is 6.63. The first-order chi connectivity index (χ1) is 15.2. The van der Waals surface area contributed by atoms with E-state index in [-0.39, 0.29) is 34.1 Å². The van der Waals surface area contributed by atoms with Gasteiger partial charge in [-0.25, -0.2) is 13.8 Å². The van der Waals surface area contributed by atoms with Gasteiger partial charge >= 0.3 is 0 Å². The fraction of sp³-hybridized carbons (Fsp3) is 0.0952. The number of aromatic nitrogens is 1. The minimum Gasteiger partial charge on any atom is -0.505 e. The lowest BCUT2D eigenvalue weighted by Gasteiger charge is -2.09. The number of aliphatic hydroxyl groups is 1. The zero-order chi connectivity index (χ0) is 23.3. The second kappa shape index (κ2) is 9.90. The SMILES string of the molecule is Cc1ncc(CO)c(/C=N\NC(=O)c2ccc(NS(=O)(=O)c3ccc(Br)cc3)cc2)c1O. The van der Waals surface area contributed by atoms with Crippen LogP contribution in [-0.4, -0.2) is 35.7 Å². The summed E-state index contributed by atoms with van der Waals surface area (Å²) in [6.45, 7) is 1.24. The fourth-order valence-electron chi connectivity index (χ4n) is 2.66. The van der Waals surface area contributed by atoms with Crippen LogP contribution in [0.1, 0.15) is 27.2 Å². The molecule has 0 aliphatic heterocycles. The zero-order valence-electron chi connectivity index (χ0n) is 16.8. The molecule has 11 heteroatoms. The van der Waals surface area contributed by atoms with Crippen LogP contribution in [0.5, 0.6) is 5.75 Å². The molecule has 4 N–H and O–H groups in total. The Morgan fingerprint density at radius 2 is 1.81 bits per heavy atom. The Kier molecular flexibility index (Phi) is 7.23. The first-order valence-electron chi connectivity index (χ1n) is 9.21. The van der Waals surface area contributed by atoms with E-state index in [0.717, 1.165) is 4.47 Å². The molecule has 0 saturated carbocycles. The number of hydrogen-bond donors (Lipinski definition) is 4. The van der Waals surface area contributed by atoms with Crippen LogP contribution in [0, 0.1) is 6.92 Å². The molecule has 0 radical (unpaired) electrons. The number of nitrogens with one attached hydrogen (secondary N) is 2. The molecule has 0 saturated heterocycles. The summed E-state index contributed by atoms with van der Waals surface area (Å²) in [5.74, 6) is -0.684. The molecule has 32 heavy (non-hydrogen) atoms. The monoisotopic (exact) mass is 518 g/mol. The van der Waals surface area contributed by atoms with Gasteiger partial charge in [0.2, 0.25) is 0 Å². The van der Waals surface area contributed by atoms with Gasteiger partial charge in [0.05, 0.1) is 23.4 Å². The summed E-state index contributed by atoms with van der Waals surface area (Å²) in [4.78, 5) is 16.4. The number of anilines is 1. The van der Waals surface area contributed by atoms with Crippen molar-refractivity contribution in [3.05, 3.63) is 81.6 Å². The van der Waals surface area contributed by atoms with E-state index in [1.54, 1.807) is 19.1 Å². The number of carbonyl (C=O) groups is 1. The second-order valence-corrected chi connectivity index (χ2v) is 9.22. The Morgan fingerprint density at radius 3 is 2.44 bits per heavy atom. The van der Waals surface area contributed by atoms with Crippen molar-refractivity contribution in [3.8, 4) is 5.75 Å². The average Bonchev–Trinajstić information content (AvgIpc) is 2.77. The van der Waals surface area contributed by atoms with E-state index in [9.17, 15) is 23.4 Å². The molecule has 2 aromatic carbocycles. The van der Waals surface area contributed by atoms with Gasteiger partial charge in [-0.05, 0) is 55.5 Å². The number of aliphatic hydroxyl groups excluding tert-OH is 1. The first kappa shape index (κ1) is 23.4. The third-order valence-corrected chi connectivity index (χ3v) is 6.34. The predicted molar refractivity (Wildman–Crippen MR) is 123 cm³/mol. The predicted octanol–water partition coefficient (Wildman–Crippen LogP) is 2.92. The summed E-state index contributed by atoms with van der Waals surface area (Å²) < 4.78 is 28.1. The third kappa shape index (κ3) is 5.49. The van der Waals surface area contributed by atoms with Gasteiger partial charge in [0.1, 0.15) is 5.75 Å². The van der Waals surface area contributed by atoms with Crippen LogP contribution in [0.25, 0.3) is 0 Å². The highest BCUT2D eigenvalue weighted by molar-refractivity contribution is 9.10. The van der Waals surface area contributed by atoms with Gasteiger partial charge in [-0.3, -0.25) is 14.5 Å². The van der Waals surface area contributed by atoms with Crippen LogP contribution in [0.15, 0.2) is 69.2 Å². The standard InChI is InChI=1S/C21H19BrN4O5S/c1-13-20(28)19(15(12-27)10-23-13)11-24-25-21(29)14-2-6-17(7-3-14)26-32(30,31)18-8-4-16(22)5-9-18/h2-11,26-28H,12H2,1H3,(H,25,29)/b24-11-. The van der Waals surface area contributed by atoms with Crippen molar-refractivity contribution < 1.29 is 23.4 Å². The van der Waals surface area contributed by atoms with E-state index in [1.165, 1.54) is 48.8 Å². The summed E-state index contributed by atoms with van der Waals surface area (Å²) in [6.07, 6.45) is 2.63. The van der Waals surface area contributed by atoms with Gasteiger partial charge in [0, 0.05) is 33.0 Å². The van der Waals surface area contributed by atoms with Gasteiger partial charge in [0.25, 0.3) is 15.9 Å². The van der Waals surface area contributed by atoms with Crippen molar-refractivity contribution in [3.63, 3.8) is 0 Å². The van der Waals surface area contributed by atoms with E-state index < -0.39 is 15.9 Å². The highest BCUT2D eigenvalue weighted by atomic mass is 79.9. The number of hydrazone groups is 1. The van der Waals surface area contributed by atoms with Crippen LogP contribution in [0.3, 0.4) is 0 Å². The quantitative estimate of drug-likeness (QED) is 0.280. The molecule has 1 amide bonds. The largest absolute Gasteiger partial charge is 0.505 e. The molecule has 0 fully saturated rings. The van der Waals surface area contributed by atoms with Crippen molar-refractivity contribution in [1.29, 1.82) is 0 Å². The number of sulfonamides is 1. The van der Waals surface area contributed by atoms with E-state index in [0.29, 0.717) is 11.3 Å². The summed E-state index contributed by atoms with van der Waals surface area (Å²) in [5, 5.41) is 23.3. The average molecular weight is 519 g/mol. The Morgan fingerprint density at radius 1 is 1.16 bits per heavy atom. The molecular formula is C21H19BrN4O5S. The summed E-state index contributed by atoms with van der Waals surface area (Å²) in [5.41, 5.74) is 3.81. The minimum absolute atomic E-state index is 0.105. The van der Waals surface area contributed by atoms with Crippen molar-refractivity contribution in [1.82, 2.24) is 10.4 Å². The number of carbonyl (C=O) groups excluding carboxylic acids is 1. The Balaban J connectivity index is 1.68. The van der Waals surface area contributed by atoms with Gasteiger partial charge < -0.3 is 10.2 Å². The number of hydrogen-bond acceptors (Lipinski definition) is 7. The number of halogens is 1. The molecule has 0 unspecified atom stereocenters. The van der Waals surface area contributed by atoms with Gasteiger partial charge in [-0.2, -0.15) is 5.10 Å². The molecule has 3 rings (SSSR count). The molecule has 1 heterocycles. The highest BCUT2D eigenvalue weighted by Crippen LogP contribution is 2.22. The molecule has 0 atom stereocenters. The number of pyridine rings is 1. The number of nitrogens with zero attached hydrogens (tertiary/aromatic N) is 2. The van der Waals surface area contributed by atoms with E-state index in [2.05, 4.69) is 36.2 Å². The van der Waals surface area contributed by atoms with Crippen LogP contribution in [0.4, 0.5) is 5.69 Å². The van der Waals surface area contributed by atoms with Crippen molar-refractivity contribution in [2.75, 3.05) is 4.72 Å². The molecule has 0 bridgehead atoms. The summed E-state index contributed by atoms with van der Waals surface area (Å²) in [6, 6.07) is 12.0. The number of aromatic hydroxyl groups is 1. The van der Waals surface area contributed by atoms with Crippen LogP contribution >= 0.6 is 15.9 Å². The van der Waals surface area contributed by atoms with Crippen LogP contribution in [-0.2, 0) is 16.6 Å². The topological polar surface area (TPSA) is 141 Å². The smallest absolute Gasteiger partial charge is 0.271 e. The Hall–Kier alpha value is -3.28. The van der Waals surface area contributed by atoms with Crippen molar-refractivity contribution >= 4 is 43.8 Å². The first-order valence-corrected chi connectivity index (χ1v) is 11.5. The number of benzene rings is 2. The van der Waals surface area contributed by atoms with E-state index >= 15 is 0 Å². The molecule has 0 aliphatic rings. The molecule has 3 aromatic rings. The van der Waals surface area contributed by atoms with Crippen LogP contribution < -0.4 is 10.1 Å². The molecule has 1 aromatic heterocycles. The van der Waals surface area contributed by atoms with Gasteiger partial charge in [0.15, 0.2) is 0 Å². The maximum Gasteiger partial charge on any atom is 0.271 e. The molecule has 9 nitrogen and oxygen atoms in total. The van der Waals surface area contributed by atoms with Gasteiger partial charge in [-0.1, -0.05) is 15.9 Å². The fourth-order valence-corrected chi connectivity index (χ4v) is 3.98. The van der Waals surface area contributed by atoms with Crippen LogP contribution in [0.2, 0.25) is 0 Å². The number of aryl methyl sites for hydroxylation is 1. The van der Waals surface area contributed by atoms with Gasteiger partial charge in [-0.15, -0.1) is 0 Å².